The molecule has 2 aromatic rings. The van der Waals surface area contributed by atoms with Crippen molar-refractivity contribution in [2.24, 2.45) is 0 Å². The third-order valence-corrected chi connectivity index (χ3v) is 2.71. The molecule has 0 bridgehead atoms. The van der Waals surface area contributed by atoms with Crippen molar-refractivity contribution >= 4 is 6.08 Å². The number of hydrogen-bond acceptors (Lipinski definition) is 0. The molecule has 0 heterocycles. The van der Waals surface area contributed by atoms with Gasteiger partial charge in [0, 0.05) is 0 Å². The highest BCUT2D eigenvalue weighted by atomic mass is 14.1. The van der Waals surface area contributed by atoms with Crippen LogP contribution < -0.4 is 0 Å². The van der Waals surface area contributed by atoms with E-state index in [1.54, 1.807) is 0 Å². The Balaban J connectivity index is 2.63. The maximum absolute atomic E-state index is 2.16. The molecule has 0 spiro atoms. The lowest BCUT2D eigenvalue weighted by Gasteiger charge is -2.10. The van der Waals surface area contributed by atoms with Gasteiger partial charge in [0.05, 0.1) is 0 Å². The zero-order chi connectivity index (χ0) is 11.4. The molecule has 0 aliphatic rings. The molecular weight excluding hydrogens is 192 g/mol. The van der Waals surface area contributed by atoms with Crippen molar-refractivity contribution in [3.05, 3.63) is 65.7 Å². The molecule has 16 heavy (non-hydrogen) atoms. The lowest BCUT2D eigenvalue weighted by atomic mass is 9.95. The van der Waals surface area contributed by atoms with Crippen LogP contribution in [0, 0.1) is 6.92 Å². The fourth-order valence-electron chi connectivity index (χ4n) is 2.01. The number of benzene rings is 2. The summed E-state index contributed by atoms with van der Waals surface area (Å²) in [5.74, 6) is 0. The van der Waals surface area contributed by atoms with Crippen molar-refractivity contribution in [2.45, 2.75) is 13.8 Å². The Hall–Kier alpha value is -1.82. The van der Waals surface area contributed by atoms with Crippen molar-refractivity contribution in [3.63, 3.8) is 0 Å². The summed E-state index contributed by atoms with van der Waals surface area (Å²) < 4.78 is 0. The highest BCUT2D eigenvalue weighted by Gasteiger charge is 2.04. The highest BCUT2D eigenvalue weighted by molar-refractivity contribution is 5.77. The van der Waals surface area contributed by atoms with Crippen LogP contribution in [0.1, 0.15) is 18.1 Å². The van der Waals surface area contributed by atoms with E-state index >= 15 is 0 Å². The van der Waals surface area contributed by atoms with Gasteiger partial charge in [0.2, 0.25) is 0 Å². The summed E-state index contributed by atoms with van der Waals surface area (Å²) in [5.41, 5.74) is 5.23. The van der Waals surface area contributed by atoms with Crippen molar-refractivity contribution in [2.75, 3.05) is 0 Å². The van der Waals surface area contributed by atoms with Gasteiger partial charge in [-0.2, -0.15) is 0 Å². The van der Waals surface area contributed by atoms with E-state index in [1.165, 1.54) is 22.3 Å². The third kappa shape index (κ3) is 2.06. The van der Waals surface area contributed by atoms with Gasteiger partial charge in [0.15, 0.2) is 0 Å². The van der Waals surface area contributed by atoms with Crippen LogP contribution in [-0.2, 0) is 0 Å². The van der Waals surface area contributed by atoms with E-state index in [1.807, 2.05) is 0 Å². The van der Waals surface area contributed by atoms with Crippen molar-refractivity contribution in [1.82, 2.24) is 0 Å². The summed E-state index contributed by atoms with van der Waals surface area (Å²) in [6.45, 7) is 4.21. The Morgan fingerprint density at radius 1 is 0.875 bits per heavy atom. The van der Waals surface area contributed by atoms with E-state index in [0.717, 1.165) is 0 Å². The van der Waals surface area contributed by atoms with Gasteiger partial charge in [-0.25, -0.2) is 0 Å². The van der Waals surface area contributed by atoms with Crippen LogP contribution in [0.5, 0.6) is 0 Å². The molecule has 0 aliphatic heterocycles. The first kappa shape index (κ1) is 10.7. The molecular formula is C16H16. The molecule has 2 rings (SSSR count). The normalized spacial score (nSPS) is 10.9. The van der Waals surface area contributed by atoms with Crippen LogP contribution in [-0.4, -0.2) is 0 Å². The summed E-state index contributed by atoms with van der Waals surface area (Å²) in [6, 6.07) is 17.0. The number of hydrogen-bond donors (Lipinski definition) is 0. The predicted octanol–water partition coefficient (Wildman–Crippen LogP) is 4.70. The lowest BCUT2D eigenvalue weighted by Crippen LogP contribution is -1.87. The molecule has 0 radical (unpaired) electrons. The molecule has 0 unspecified atom stereocenters. The molecule has 0 aromatic heterocycles. The van der Waals surface area contributed by atoms with Crippen LogP contribution in [0.4, 0.5) is 0 Å². The van der Waals surface area contributed by atoms with Crippen LogP contribution in [0.3, 0.4) is 0 Å². The fourth-order valence-corrected chi connectivity index (χ4v) is 2.01. The van der Waals surface area contributed by atoms with E-state index in [-0.39, 0.29) is 0 Å². The van der Waals surface area contributed by atoms with E-state index in [4.69, 9.17) is 0 Å². The Morgan fingerprint density at radius 3 is 2.31 bits per heavy atom. The first-order chi connectivity index (χ1) is 7.83. The molecule has 0 amide bonds. The average Bonchev–Trinajstić information content (AvgIpc) is 2.31. The van der Waals surface area contributed by atoms with E-state index in [9.17, 15) is 0 Å². The van der Waals surface area contributed by atoms with Gasteiger partial charge in [0.25, 0.3) is 0 Å². The zero-order valence-corrected chi connectivity index (χ0v) is 9.77. The second kappa shape index (κ2) is 4.80. The Kier molecular flexibility index (Phi) is 3.21. The molecule has 0 heteroatoms. The standard InChI is InChI=1S/C16H16/c1-3-8-14-12-7-9-13(2)16(14)15-10-5-4-6-11-15/h3-12H,1-2H3/b8-3-. The molecule has 0 fully saturated rings. The van der Waals surface area contributed by atoms with Crippen molar-refractivity contribution in [1.29, 1.82) is 0 Å². The van der Waals surface area contributed by atoms with Crippen LogP contribution in [0.25, 0.3) is 17.2 Å². The van der Waals surface area contributed by atoms with Crippen LogP contribution in [0.15, 0.2) is 54.6 Å². The number of allylic oxidation sites excluding steroid dienone is 1. The van der Waals surface area contributed by atoms with Gasteiger partial charge in [-0.05, 0) is 36.1 Å². The second-order valence-corrected chi connectivity index (χ2v) is 3.91. The van der Waals surface area contributed by atoms with Gasteiger partial charge in [-0.1, -0.05) is 60.7 Å². The van der Waals surface area contributed by atoms with Gasteiger partial charge in [-0.3, -0.25) is 0 Å². The molecule has 0 saturated heterocycles. The smallest absolute Gasteiger partial charge is 0.00823 e. The Bertz CT molecular complexity index is 493. The SMILES string of the molecule is C/C=C\c1cccc(C)c1-c1ccccc1. The molecule has 0 aliphatic carbocycles. The molecule has 0 saturated carbocycles. The summed E-state index contributed by atoms with van der Waals surface area (Å²) in [6.07, 6.45) is 4.25. The molecule has 0 N–H and O–H groups in total. The second-order valence-electron chi connectivity index (χ2n) is 3.91. The quantitative estimate of drug-likeness (QED) is 0.671. The summed E-state index contributed by atoms with van der Waals surface area (Å²) in [7, 11) is 0. The summed E-state index contributed by atoms with van der Waals surface area (Å²) in [4.78, 5) is 0. The van der Waals surface area contributed by atoms with E-state index in [0.29, 0.717) is 0 Å². The maximum atomic E-state index is 2.16. The summed E-state index contributed by atoms with van der Waals surface area (Å²) >= 11 is 0. The van der Waals surface area contributed by atoms with Gasteiger partial charge in [0.1, 0.15) is 0 Å². The monoisotopic (exact) mass is 208 g/mol. The van der Waals surface area contributed by atoms with Gasteiger partial charge < -0.3 is 0 Å². The minimum atomic E-state index is 1.29. The topological polar surface area (TPSA) is 0 Å². The van der Waals surface area contributed by atoms with Gasteiger partial charge in [-0.15, -0.1) is 0 Å². The van der Waals surface area contributed by atoms with Crippen LogP contribution in [0.2, 0.25) is 0 Å². The predicted molar refractivity (Wildman–Crippen MR) is 71.3 cm³/mol. The largest absolute Gasteiger partial charge is 0.0870 e. The molecule has 80 valence electrons. The van der Waals surface area contributed by atoms with Gasteiger partial charge >= 0.3 is 0 Å². The minimum Gasteiger partial charge on any atom is -0.0870 e. The fraction of sp³-hybridized carbons (Fsp3) is 0.125. The first-order valence-corrected chi connectivity index (χ1v) is 5.60. The lowest BCUT2D eigenvalue weighted by molar-refractivity contribution is 1.44. The Morgan fingerprint density at radius 2 is 1.62 bits per heavy atom. The Labute approximate surface area is 97.3 Å². The van der Waals surface area contributed by atoms with Crippen LogP contribution >= 0.6 is 0 Å². The number of aryl methyl sites for hydroxylation is 1. The third-order valence-electron chi connectivity index (χ3n) is 2.71. The van der Waals surface area contributed by atoms with Crippen molar-refractivity contribution in [3.8, 4) is 11.1 Å². The maximum Gasteiger partial charge on any atom is -0.00823 e. The van der Waals surface area contributed by atoms with E-state index in [2.05, 4.69) is 74.5 Å². The highest BCUT2D eigenvalue weighted by Crippen LogP contribution is 2.28. The molecule has 0 nitrogen and oxygen atoms in total. The van der Waals surface area contributed by atoms with Crippen molar-refractivity contribution < 1.29 is 0 Å². The minimum absolute atomic E-state index is 1.29. The number of rotatable bonds is 2. The average molecular weight is 208 g/mol. The first-order valence-electron chi connectivity index (χ1n) is 5.60. The zero-order valence-electron chi connectivity index (χ0n) is 9.77. The summed E-state index contributed by atoms with van der Waals surface area (Å²) in [5, 5.41) is 0. The molecule has 2 aromatic carbocycles. The molecule has 0 atom stereocenters. The van der Waals surface area contributed by atoms with E-state index < -0.39 is 0 Å².